The minimum absolute atomic E-state index is 0.452. The van der Waals surface area contributed by atoms with Crippen LogP contribution < -0.4 is 10.1 Å². The molecule has 0 aromatic heterocycles. The number of benzene rings is 2. The van der Waals surface area contributed by atoms with Crippen molar-refractivity contribution in [2.45, 2.75) is 40.0 Å². The molecule has 0 saturated carbocycles. The smallest absolute Gasteiger partial charge is 0.138 e. The van der Waals surface area contributed by atoms with Gasteiger partial charge < -0.3 is 10.1 Å². The first-order valence-corrected chi connectivity index (χ1v) is 8.05. The van der Waals surface area contributed by atoms with Gasteiger partial charge in [-0.15, -0.1) is 0 Å². The van der Waals surface area contributed by atoms with E-state index in [1.807, 2.05) is 18.2 Å². The highest BCUT2D eigenvalue weighted by Gasteiger charge is 2.09. The maximum Gasteiger partial charge on any atom is 0.138 e. The molecule has 21 heavy (non-hydrogen) atoms. The largest absolute Gasteiger partial charge is 0.487 e. The van der Waals surface area contributed by atoms with Gasteiger partial charge in [-0.3, -0.25) is 0 Å². The number of hydrogen-bond donors (Lipinski definition) is 1. The lowest BCUT2D eigenvalue weighted by atomic mass is 10.1. The minimum atomic E-state index is 0.452. The summed E-state index contributed by atoms with van der Waals surface area (Å²) >= 11 is 3.59. The summed E-state index contributed by atoms with van der Waals surface area (Å²) in [7, 11) is 0. The van der Waals surface area contributed by atoms with E-state index in [0.29, 0.717) is 12.6 Å². The molecule has 0 spiro atoms. The topological polar surface area (TPSA) is 21.3 Å². The predicted octanol–water partition coefficient (Wildman–Crippen LogP) is 4.83. The average Bonchev–Trinajstić information content (AvgIpc) is 2.45. The van der Waals surface area contributed by atoms with Crippen LogP contribution in [-0.4, -0.2) is 6.04 Å². The molecule has 0 bridgehead atoms. The van der Waals surface area contributed by atoms with Gasteiger partial charge in [-0.2, -0.15) is 0 Å². The van der Waals surface area contributed by atoms with Crippen LogP contribution in [0.2, 0.25) is 0 Å². The fourth-order valence-corrected chi connectivity index (χ4v) is 2.61. The summed E-state index contributed by atoms with van der Waals surface area (Å²) in [5.41, 5.74) is 3.65. The predicted molar refractivity (Wildman–Crippen MR) is 91.6 cm³/mol. The van der Waals surface area contributed by atoms with Crippen molar-refractivity contribution in [1.29, 1.82) is 0 Å². The van der Waals surface area contributed by atoms with E-state index in [2.05, 4.69) is 66.3 Å². The molecule has 0 fully saturated rings. The van der Waals surface area contributed by atoms with Crippen molar-refractivity contribution in [3.63, 3.8) is 0 Å². The van der Waals surface area contributed by atoms with Crippen molar-refractivity contribution in [2.24, 2.45) is 0 Å². The molecule has 0 aliphatic rings. The second-order valence-electron chi connectivity index (χ2n) is 5.48. The number of para-hydroxylation sites is 1. The van der Waals surface area contributed by atoms with Crippen LogP contribution in [0.5, 0.6) is 5.75 Å². The van der Waals surface area contributed by atoms with Crippen LogP contribution in [0.3, 0.4) is 0 Å². The third-order valence-electron chi connectivity index (χ3n) is 3.38. The maximum absolute atomic E-state index is 6.08. The standard InChI is InChI=1S/C18H22BrNO/c1-13(2)20-11-15-9-6-10-17(19)18(15)21-12-16-8-5-4-7-14(16)3/h4-10,13,20H,11-12H2,1-3H3. The fourth-order valence-electron chi connectivity index (χ4n) is 2.09. The van der Waals surface area contributed by atoms with Gasteiger partial charge in [-0.05, 0) is 40.0 Å². The number of hydrogen-bond acceptors (Lipinski definition) is 2. The van der Waals surface area contributed by atoms with Crippen molar-refractivity contribution in [3.05, 3.63) is 63.6 Å². The molecule has 0 saturated heterocycles. The zero-order valence-corrected chi connectivity index (χ0v) is 14.4. The molecule has 0 atom stereocenters. The van der Waals surface area contributed by atoms with E-state index in [0.717, 1.165) is 16.8 Å². The highest BCUT2D eigenvalue weighted by molar-refractivity contribution is 9.10. The number of aryl methyl sites for hydroxylation is 1. The molecule has 112 valence electrons. The molecule has 2 aromatic rings. The Kier molecular flexibility index (Phi) is 5.83. The second-order valence-corrected chi connectivity index (χ2v) is 6.33. The molecular weight excluding hydrogens is 326 g/mol. The zero-order valence-electron chi connectivity index (χ0n) is 12.8. The van der Waals surface area contributed by atoms with Gasteiger partial charge in [-0.1, -0.05) is 50.2 Å². The van der Waals surface area contributed by atoms with Crippen molar-refractivity contribution in [1.82, 2.24) is 5.32 Å². The van der Waals surface area contributed by atoms with Crippen LogP contribution in [0.1, 0.15) is 30.5 Å². The Labute approximate surface area is 135 Å². The first kappa shape index (κ1) is 16.1. The van der Waals surface area contributed by atoms with E-state index in [9.17, 15) is 0 Å². The van der Waals surface area contributed by atoms with Crippen LogP contribution in [0.15, 0.2) is 46.9 Å². The van der Waals surface area contributed by atoms with E-state index >= 15 is 0 Å². The highest BCUT2D eigenvalue weighted by atomic mass is 79.9. The Morgan fingerprint density at radius 1 is 1.05 bits per heavy atom. The summed E-state index contributed by atoms with van der Waals surface area (Å²) in [6.45, 7) is 7.79. The summed E-state index contributed by atoms with van der Waals surface area (Å²) < 4.78 is 7.08. The van der Waals surface area contributed by atoms with Crippen LogP contribution >= 0.6 is 15.9 Å². The quantitative estimate of drug-likeness (QED) is 0.807. The van der Waals surface area contributed by atoms with Gasteiger partial charge in [0.2, 0.25) is 0 Å². The minimum Gasteiger partial charge on any atom is -0.487 e. The summed E-state index contributed by atoms with van der Waals surface area (Å²) in [4.78, 5) is 0. The molecule has 2 nitrogen and oxygen atoms in total. The Morgan fingerprint density at radius 2 is 1.76 bits per heavy atom. The normalized spacial score (nSPS) is 10.9. The number of ether oxygens (including phenoxy) is 1. The van der Waals surface area contributed by atoms with Gasteiger partial charge in [0, 0.05) is 18.2 Å². The summed E-state index contributed by atoms with van der Waals surface area (Å²) in [6, 6.07) is 14.9. The fraction of sp³-hybridized carbons (Fsp3) is 0.333. The van der Waals surface area contributed by atoms with Gasteiger partial charge in [0.25, 0.3) is 0 Å². The van der Waals surface area contributed by atoms with Gasteiger partial charge >= 0.3 is 0 Å². The molecular formula is C18H22BrNO. The molecule has 1 N–H and O–H groups in total. The summed E-state index contributed by atoms with van der Waals surface area (Å²) in [5.74, 6) is 0.925. The highest BCUT2D eigenvalue weighted by Crippen LogP contribution is 2.30. The molecule has 3 heteroatoms. The molecule has 0 unspecified atom stereocenters. The lowest BCUT2D eigenvalue weighted by Crippen LogP contribution is -2.22. The Balaban J connectivity index is 2.13. The van der Waals surface area contributed by atoms with Crippen molar-refractivity contribution in [2.75, 3.05) is 0 Å². The van der Waals surface area contributed by atoms with Gasteiger partial charge in [-0.25, -0.2) is 0 Å². The van der Waals surface area contributed by atoms with E-state index in [1.165, 1.54) is 16.7 Å². The number of rotatable bonds is 6. The zero-order chi connectivity index (χ0) is 15.2. The Hall–Kier alpha value is -1.32. The van der Waals surface area contributed by atoms with Crippen LogP contribution in [0.4, 0.5) is 0 Å². The first-order valence-electron chi connectivity index (χ1n) is 7.26. The van der Waals surface area contributed by atoms with Gasteiger partial charge in [0.1, 0.15) is 12.4 Å². The van der Waals surface area contributed by atoms with E-state index in [-0.39, 0.29) is 0 Å². The third-order valence-corrected chi connectivity index (χ3v) is 4.01. The van der Waals surface area contributed by atoms with Crippen molar-refractivity contribution in [3.8, 4) is 5.75 Å². The van der Waals surface area contributed by atoms with Crippen LogP contribution in [-0.2, 0) is 13.2 Å². The molecule has 0 radical (unpaired) electrons. The lowest BCUT2D eigenvalue weighted by Gasteiger charge is -2.16. The maximum atomic E-state index is 6.08. The third kappa shape index (κ3) is 4.58. The molecule has 0 aliphatic carbocycles. The molecule has 0 heterocycles. The van der Waals surface area contributed by atoms with E-state index in [1.54, 1.807) is 0 Å². The monoisotopic (exact) mass is 347 g/mol. The van der Waals surface area contributed by atoms with Crippen molar-refractivity contribution < 1.29 is 4.74 Å². The van der Waals surface area contributed by atoms with Crippen LogP contribution in [0.25, 0.3) is 0 Å². The lowest BCUT2D eigenvalue weighted by molar-refractivity contribution is 0.299. The number of nitrogens with one attached hydrogen (secondary N) is 1. The Bertz CT molecular complexity index is 596. The summed E-state index contributed by atoms with van der Waals surface area (Å²) in [6.07, 6.45) is 0. The SMILES string of the molecule is Cc1ccccc1COc1c(Br)cccc1CNC(C)C. The van der Waals surface area contributed by atoms with Crippen LogP contribution in [0, 0.1) is 6.92 Å². The first-order chi connectivity index (χ1) is 10.1. The van der Waals surface area contributed by atoms with Gasteiger partial charge in [0.05, 0.1) is 4.47 Å². The summed E-state index contributed by atoms with van der Waals surface area (Å²) in [5, 5.41) is 3.44. The van der Waals surface area contributed by atoms with Crippen molar-refractivity contribution >= 4 is 15.9 Å². The molecule has 0 amide bonds. The second kappa shape index (κ2) is 7.62. The Morgan fingerprint density at radius 3 is 2.48 bits per heavy atom. The van der Waals surface area contributed by atoms with Gasteiger partial charge in [0.15, 0.2) is 0 Å². The average molecular weight is 348 g/mol. The molecule has 0 aliphatic heterocycles. The molecule has 2 rings (SSSR count). The number of halogens is 1. The van der Waals surface area contributed by atoms with E-state index < -0.39 is 0 Å². The molecule has 2 aromatic carbocycles. The van der Waals surface area contributed by atoms with E-state index in [4.69, 9.17) is 4.74 Å².